The van der Waals surface area contributed by atoms with Gasteiger partial charge in [-0.1, -0.05) is 17.7 Å². The number of fused-ring (bicyclic) bond motifs is 2. The number of nitrogens with zero attached hydrogens (tertiary/aromatic N) is 8. The van der Waals surface area contributed by atoms with Crippen LogP contribution in [0.25, 0.3) is 32.1 Å². The average Bonchev–Trinajstić information content (AvgIpc) is 3.48. The molecular weight excluding hydrogens is 606 g/mol. The first-order valence-corrected chi connectivity index (χ1v) is 15.0. The van der Waals surface area contributed by atoms with E-state index in [9.17, 15) is 9.65 Å². The van der Waals surface area contributed by atoms with Gasteiger partial charge >= 0.3 is 0 Å². The third-order valence-corrected chi connectivity index (χ3v) is 10.1. The first-order chi connectivity index (χ1) is 20.7. The molecule has 0 radical (unpaired) electrons. The number of rotatable bonds is 6. The molecule has 0 bridgehead atoms. The Morgan fingerprint density at radius 1 is 1.18 bits per heavy atom. The molecule has 4 heterocycles. The van der Waals surface area contributed by atoms with Crippen molar-refractivity contribution in [3.63, 3.8) is 0 Å². The summed E-state index contributed by atoms with van der Waals surface area (Å²) in [5, 5.41) is 14.9. The van der Waals surface area contributed by atoms with Crippen LogP contribution in [0.4, 0.5) is 31.4 Å². The quantitative estimate of drug-likeness (QED) is 0.246. The third kappa shape index (κ3) is 4.47. The normalized spacial score (nSPS) is 15.2. The monoisotopic (exact) mass is 636 g/mol. The van der Waals surface area contributed by atoms with Gasteiger partial charge < -0.3 is 26.2 Å². The summed E-state index contributed by atoms with van der Waals surface area (Å²) >= 11 is 7.77. The van der Waals surface area contributed by atoms with Crippen LogP contribution < -0.4 is 21.3 Å². The molecule has 14 heteroatoms. The van der Waals surface area contributed by atoms with Gasteiger partial charge in [-0.25, -0.2) is 13.8 Å². The van der Waals surface area contributed by atoms with E-state index in [1.54, 1.807) is 17.8 Å². The molecule has 1 aliphatic heterocycles. The van der Waals surface area contributed by atoms with Crippen LogP contribution >= 0.6 is 22.9 Å². The molecule has 6 rings (SSSR count). The van der Waals surface area contributed by atoms with Gasteiger partial charge in [0.15, 0.2) is 11.6 Å². The van der Waals surface area contributed by atoms with E-state index in [0.717, 1.165) is 16.9 Å². The summed E-state index contributed by atoms with van der Waals surface area (Å²) in [6, 6.07) is 6.00. The number of hydrogen-bond donors (Lipinski definition) is 2. The summed E-state index contributed by atoms with van der Waals surface area (Å²) < 4.78 is 33.5. The second-order valence-corrected chi connectivity index (χ2v) is 13.2. The Morgan fingerprint density at radius 2 is 1.89 bits per heavy atom. The maximum atomic E-state index is 16.9. The minimum Gasteiger partial charge on any atom is -0.389 e. The van der Waals surface area contributed by atoms with Crippen molar-refractivity contribution in [2.75, 3.05) is 55.5 Å². The van der Waals surface area contributed by atoms with Gasteiger partial charge in [0.25, 0.3) is 0 Å². The number of anilines is 4. The lowest BCUT2D eigenvalue weighted by molar-refractivity contribution is 0.132. The van der Waals surface area contributed by atoms with Gasteiger partial charge in [-0.05, 0) is 45.6 Å². The Hall–Kier alpha value is -4.25. The Balaban J connectivity index is 1.59. The van der Waals surface area contributed by atoms with E-state index in [1.165, 1.54) is 12.1 Å². The van der Waals surface area contributed by atoms with E-state index in [4.69, 9.17) is 33.0 Å². The topological polar surface area (TPSA) is 129 Å². The molecule has 1 unspecified atom stereocenters. The molecule has 1 fully saturated rings. The summed E-state index contributed by atoms with van der Waals surface area (Å²) in [4.78, 5) is 15.7. The minimum atomic E-state index is -0.711. The van der Waals surface area contributed by atoms with Crippen LogP contribution in [0.15, 0.2) is 24.4 Å². The maximum Gasteiger partial charge on any atom is 0.228 e. The van der Waals surface area contributed by atoms with Crippen molar-refractivity contribution in [1.29, 1.82) is 5.26 Å². The number of thiophene rings is 1. The second-order valence-electron chi connectivity index (χ2n) is 11.7. The number of aromatic nitrogens is 4. The first kappa shape index (κ1) is 29.8. The van der Waals surface area contributed by atoms with Crippen LogP contribution in [0, 0.1) is 23.0 Å². The highest BCUT2D eigenvalue weighted by Crippen LogP contribution is 2.46. The lowest BCUT2D eigenvalue weighted by atomic mass is 9.91. The van der Waals surface area contributed by atoms with E-state index in [1.807, 2.05) is 50.1 Å². The summed E-state index contributed by atoms with van der Waals surface area (Å²) in [7, 11) is 7.67. The summed E-state index contributed by atoms with van der Waals surface area (Å²) in [6.07, 6.45) is 1.84. The fourth-order valence-electron chi connectivity index (χ4n) is 5.77. The van der Waals surface area contributed by atoms with Gasteiger partial charge in [0.1, 0.15) is 28.2 Å². The lowest BCUT2D eigenvalue weighted by Crippen LogP contribution is -2.67. The van der Waals surface area contributed by atoms with Crippen molar-refractivity contribution >= 4 is 66.5 Å². The van der Waals surface area contributed by atoms with Crippen LogP contribution in [0.3, 0.4) is 0 Å². The van der Waals surface area contributed by atoms with Crippen LogP contribution in [0.2, 0.25) is 5.02 Å². The van der Waals surface area contributed by atoms with Crippen molar-refractivity contribution in [2.45, 2.75) is 25.4 Å². The van der Waals surface area contributed by atoms with Crippen molar-refractivity contribution in [3.05, 3.63) is 52.2 Å². The number of halogens is 3. The van der Waals surface area contributed by atoms with Crippen molar-refractivity contribution in [3.8, 4) is 17.2 Å². The Kier molecular flexibility index (Phi) is 7.07. The molecule has 10 nitrogen and oxygen atoms in total. The second kappa shape index (κ2) is 10.4. The molecule has 0 spiro atoms. The molecule has 228 valence electrons. The van der Waals surface area contributed by atoms with Gasteiger partial charge in [0.2, 0.25) is 5.95 Å². The Bertz CT molecular complexity index is 2010. The van der Waals surface area contributed by atoms with Gasteiger partial charge in [0, 0.05) is 55.3 Å². The summed E-state index contributed by atoms with van der Waals surface area (Å²) in [6.45, 7) is 5.38. The molecule has 4 N–H and O–H groups in total. The predicted molar refractivity (Wildman–Crippen MR) is 173 cm³/mol. The maximum absolute atomic E-state index is 16.9. The molecule has 5 aromatic rings. The van der Waals surface area contributed by atoms with Gasteiger partial charge in [-0.3, -0.25) is 4.68 Å². The highest BCUT2D eigenvalue weighted by atomic mass is 35.5. The third-order valence-electron chi connectivity index (χ3n) is 8.73. The minimum absolute atomic E-state index is 0.00279. The molecular formula is C30H31ClF2N10S. The number of hydrogen-bond acceptors (Lipinski definition) is 10. The average molecular weight is 637 g/mol. The number of nitriles is 1. The highest BCUT2D eigenvalue weighted by Gasteiger charge is 2.42. The van der Waals surface area contributed by atoms with E-state index >= 15 is 4.39 Å². The van der Waals surface area contributed by atoms with E-state index in [2.05, 4.69) is 16.9 Å². The molecule has 3 aromatic heterocycles. The van der Waals surface area contributed by atoms with Crippen LogP contribution in [-0.4, -0.2) is 64.4 Å². The Morgan fingerprint density at radius 3 is 2.50 bits per heavy atom. The molecule has 0 amide bonds. The molecule has 0 aliphatic carbocycles. The van der Waals surface area contributed by atoms with Crippen molar-refractivity contribution in [2.24, 2.45) is 7.05 Å². The zero-order chi connectivity index (χ0) is 31.8. The molecule has 1 aliphatic rings. The number of likely N-dealkylation sites (N-methyl/N-ethyl adjacent to an activating group) is 1. The number of nitrogens with two attached hydrogens (primary N) is 2. The number of aryl methyl sites for hydroxylation is 1. The molecule has 0 saturated carbocycles. The SMILES string of the molecule is CC(c1cn(C)nc1N)N(C)c1nc(N2CC(C)(N(C)C)C2)nc2c(F)c(-c3ccc(F)c4sc(N)c(C#N)c34)c(Cl)cc12. The van der Waals surface area contributed by atoms with Gasteiger partial charge in [-0.2, -0.15) is 15.3 Å². The predicted octanol–water partition coefficient (Wildman–Crippen LogP) is 5.55. The van der Waals surface area contributed by atoms with Crippen molar-refractivity contribution in [1.82, 2.24) is 24.6 Å². The number of nitrogen functional groups attached to an aromatic ring is 2. The largest absolute Gasteiger partial charge is 0.389 e. The zero-order valence-corrected chi connectivity index (χ0v) is 26.6. The number of benzene rings is 2. The molecule has 2 aromatic carbocycles. The van der Waals surface area contributed by atoms with E-state index in [-0.39, 0.29) is 53.9 Å². The zero-order valence-electron chi connectivity index (χ0n) is 25.1. The molecule has 1 atom stereocenters. The molecule has 44 heavy (non-hydrogen) atoms. The standard InChI is InChI=1S/C30H31ClF2N10S/c1-14(18-11-41(5)39-26(18)35)42(6)28-16-9-19(31)22(15-7-8-20(32)25-21(15)17(10-34)27(36)44-25)23(33)24(16)37-29(38-28)43-12-30(2,13-43)40(3)4/h7-9,11,14H,12-13,36H2,1-6H3,(H2,35,39). The smallest absolute Gasteiger partial charge is 0.228 e. The van der Waals surface area contributed by atoms with E-state index in [0.29, 0.717) is 36.1 Å². The van der Waals surface area contributed by atoms with Crippen LogP contribution in [0.1, 0.15) is 31.0 Å². The highest BCUT2D eigenvalue weighted by molar-refractivity contribution is 7.23. The van der Waals surface area contributed by atoms with E-state index < -0.39 is 11.6 Å². The summed E-state index contributed by atoms with van der Waals surface area (Å²) in [5.41, 5.74) is 13.3. The fourth-order valence-corrected chi connectivity index (χ4v) is 7.02. The van der Waals surface area contributed by atoms with Crippen molar-refractivity contribution < 1.29 is 8.78 Å². The molecule has 1 saturated heterocycles. The van der Waals surface area contributed by atoms with Crippen LogP contribution in [-0.2, 0) is 7.05 Å². The van der Waals surface area contributed by atoms with Crippen LogP contribution in [0.5, 0.6) is 0 Å². The van der Waals surface area contributed by atoms with Gasteiger partial charge in [-0.15, -0.1) is 11.3 Å². The van der Waals surface area contributed by atoms with Gasteiger partial charge in [0.05, 0.1) is 26.9 Å². The lowest BCUT2D eigenvalue weighted by Gasteiger charge is -2.52. The first-order valence-electron chi connectivity index (χ1n) is 13.8. The fraction of sp³-hybridized carbons (Fsp3) is 0.333. The Labute approximate surface area is 262 Å². The summed E-state index contributed by atoms with van der Waals surface area (Å²) in [5.74, 6) is -0.0765.